The summed E-state index contributed by atoms with van der Waals surface area (Å²) in [5, 5.41) is 0. The first kappa shape index (κ1) is 12.4. The summed E-state index contributed by atoms with van der Waals surface area (Å²) >= 11 is 0. The fourth-order valence-corrected chi connectivity index (χ4v) is 2.65. The van der Waals surface area contributed by atoms with Crippen molar-refractivity contribution in [2.24, 2.45) is 0 Å². The van der Waals surface area contributed by atoms with Gasteiger partial charge in [-0.1, -0.05) is 0 Å². The number of ketones is 1. The highest BCUT2D eigenvalue weighted by molar-refractivity contribution is 5.98. The van der Waals surface area contributed by atoms with Crippen LogP contribution in [0.15, 0.2) is 6.07 Å². The van der Waals surface area contributed by atoms with E-state index in [4.69, 9.17) is 0 Å². The normalized spacial score (nSPS) is 15.4. The largest absolute Gasteiger partial charge is 0.348 e. The standard InChI is InChI=1S/C14H22N2O/c1-11-10-12-13(6-4-7-14(12)17)16(11)9-5-8-15(2)3/h10H,4-9H2,1-3H3. The molecule has 3 heteroatoms. The van der Waals surface area contributed by atoms with Crippen LogP contribution in [0.25, 0.3) is 0 Å². The van der Waals surface area contributed by atoms with Crippen LogP contribution >= 0.6 is 0 Å². The highest BCUT2D eigenvalue weighted by Crippen LogP contribution is 2.25. The Morgan fingerprint density at radius 1 is 1.35 bits per heavy atom. The molecule has 1 aromatic heterocycles. The Labute approximate surface area is 103 Å². The van der Waals surface area contributed by atoms with Crippen LogP contribution in [0.4, 0.5) is 0 Å². The number of hydrogen-bond donors (Lipinski definition) is 0. The summed E-state index contributed by atoms with van der Waals surface area (Å²) in [6.07, 6.45) is 3.96. The summed E-state index contributed by atoms with van der Waals surface area (Å²) in [6, 6.07) is 2.08. The third-order valence-electron chi connectivity index (χ3n) is 3.52. The van der Waals surface area contributed by atoms with E-state index in [1.807, 2.05) is 0 Å². The number of carbonyl (C=O) groups excluding carboxylic acids is 1. The van der Waals surface area contributed by atoms with E-state index in [0.717, 1.165) is 44.3 Å². The summed E-state index contributed by atoms with van der Waals surface area (Å²) in [4.78, 5) is 14.0. The molecule has 0 unspecified atom stereocenters. The lowest BCUT2D eigenvalue weighted by Crippen LogP contribution is -2.18. The molecular formula is C14H22N2O. The summed E-state index contributed by atoms with van der Waals surface area (Å²) in [6.45, 7) is 4.24. The predicted molar refractivity (Wildman–Crippen MR) is 69.6 cm³/mol. The van der Waals surface area contributed by atoms with Crippen LogP contribution in [0.2, 0.25) is 0 Å². The SMILES string of the molecule is Cc1cc2c(n1CCCN(C)C)CCCC2=O. The Morgan fingerprint density at radius 3 is 2.82 bits per heavy atom. The van der Waals surface area contributed by atoms with Crippen molar-refractivity contribution in [2.45, 2.75) is 39.2 Å². The van der Waals surface area contributed by atoms with Crippen molar-refractivity contribution >= 4 is 5.78 Å². The quantitative estimate of drug-likeness (QED) is 0.798. The Hall–Kier alpha value is -1.09. The molecule has 3 nitrogen and oxygen atoms in total. The van der Waals surface area contributed by atoms with Crippen molar-refractivity contribution in [1.29, 1.82) is 0 Å². The van der Waals surface area contributed by atoms with E-state index in [0.29, 0.717) is 5.78 Å². The fourth-order valence-electron chi connectivity index (χ4n) is 2.65. The van der Waals surface area contributed by atoms with Crippen molar-refractivity contribution in [3.8, 4) is 0 Å². The minimum atomic E-state index is 0.334. The number of rotatable bonds is 4. The van der Waals surface area contributed by atoms with Gasteiger partial charge in [0.2, 0.25) is 0 Å². The highest BCUT2D eigenvalue weighted by Gasteiger charge is 2.22. The summed E-state index contributed by atoms with van der Waals surface area (Å²) in [5.74, 6) is 0.334. The van der Waals surface area contributed by atoms with Gasteiger partial charge in [0.25, 0.3) is 0 Å². The van der Waals surface area contributed by atoms with Gasteiger partial charge in [-0.2, -0.15) is 0 Å². The predicted octanol–water partition coefficient (Wildman–Crippen LogP) is 2.27. The zero-order chi connectivity index (χ0) is 12.4. The molecule has 94 valence electrons. The third-order valence-corrected chi connectivity index (χ3v) is 3.52. The van der Waals surface area contributed by atoms with Crippen LogP contribution in [0.3, 0.4) is 0 Å². The Kier molecular flexibility index (Phi) is 3.67. The summed E-state index contributed by atoms with van der Waals surface area (Å²) in [5.41, 5.74) is 3.50. The second-order valence-electron chi connectivity index (χ2n) is 5.23. The van der Waals surface area contributed by atoms with Gasteiger partial charge in [-0.25, -0.2) is 0 Å². The molecule has 0 N–H and O–H groups in total. The van der Waals surface area contributed by atoms with Crippen molar-refractivity contribution in [2.75, 3.05) is 20.6 Å². The van der Waals surface area contributed by atoms with Crippen LogP contribution in [0, 0.1) is 6.92 Å². The molecule has 0 aliphatic heterocycles. The number of aryl methyl sites for hydroxylation is 1. The maximum absolute atomic E-state index is 11.8. The Morgan fingerprint density at radius 2 is 2.12 bits per heavy atom. The third kappa shape index (κ3) is 2.60. The maximum atomic E-state index is 11.8. The molecule has 17 heavy (non-hydrogen) atoms. The highest BCUT2D eigenvalue weighted by atomic mass is 16.1. The zero-order valence-electron chi connectivity index (χ0n) is 11.1. The zero-order valence-corrected chi connectivity index (χ0v) is 11.1. The van der Waals surface area contributed by atoms with Crippen LogP contribution in [-0.4, -0.2) is 35.9 Å². The fraction of sp³-hybridized carbons (Fsp3) is 0.643. The van der Waals surface area contributed by atoms with E-state index in [2.05, 4.69) is 36.6 Å². The minimum absolute atomic E-state index is 0.334. The molecule has 0 spiro atoms. The first-order valence-corrected chi connectivity index (χ1v) is 6.46. The molecular weight excluding hydrogens is 212 g/mol. The number of hydrogen-bond acceptors (Lipinski definition) is 2. The van der Waals surface area contributed by atoms with Crippen LogP contribution < -0.4 is 0 Å². The average molecular weight is 234 g/mol. The monoisotopic (exact) mass is 234 g/mol. The van der Waals surface area contributed by atoms with Gasteiger partial charge in [0.1, 0.15) is 0 Å². The molecule has 0 amide bonds. The lowest BCUT2D eigenvalue weighted by molar-refractivity contribution is 0.0971. The number of fused-ring (bicyclic) bond motifs is 1. The summed E-state index contributed by atoms with van der Waals surface area (Å²) < 4.78 is 2.34. The molecule has 0 saturated heterocycles. The van der Waals surface area contributed by atoms with Gasteiger partial charge in [-0.05, 0) is 52.9 Å². The van der Waals surface area contributed by atoms with E-state index >= 15 is 0 Å². The minimum Gasteiger partial charge on any atom is -0.348 e. The topological polar surface area (TPSA) is 25.2 Å². The van der Waals surface area contributed by atoms with Crippen LogP contribution in [0.5, 0.6) is 0 Å². The lowest BCUT2D eigenvalue weighted by atomic mass is 9.96. The lowest BCUT2D eigenvalue weighted by Gasteiger charge is -2.17. The molecule has 0 saturated carbocycles. The molecule has 0 bridgehead atoms. The number of nitrogens with zero attached hydrogens (tertiary/aromatic N) is 2. The molecule has 2 rings (SSSR count). The van der Waals surface area contributed by atoms with Gasteiger partial charge in [0.05, 0.1) is 0 Å². The van der Waals surface area contributed by atoms with Gasteiger partial charge in [0, 0.05) is 29.9 Å². The van der Waals surface area contributed by atoms with Gasteiger partial charge >= 0.3 is 0 Å². The molecule has 1 aliphatic carbocycles. The van der Waals surface area contributed by atoms with Gasteiger partial charge in [-0.3, -0.25) is 4.79 Å². The van der Waals surface area contributed by atoms with E-state index in [9.17, 15) is 4.79 Å². The number of carbonyl (C=O) groups is 1. The van der Waals surface area contributed by atoms with Gasteiger partial charge in [0.15, 0.2) is 5.78 Å². The van der Waals surface area contributed by atoms with Crippen molar-refractivity contribution in [3.05, 3.63) is 23.0 Å². The van der Waals surface area contributed by atoms with E-state index in [1.165, 1.54) is 11.4 Å². The first-order chi connectivity index (χ1) is 8.09. The number of aromatic nitrogens is 1. The van der Waals surface area contributed by atoms with Crippen molar-refractivity contribution < 1.29 is 4.79 Å². The second-order valence-corrected chi connectivity index (χ2v) is 5.23. The Balaban J connectivity index is 2.14. The van der Waals surface area contributed by atoms with Crippen molar-refractivity contribution in [1.82, 2.24) is 9.47 Å². The molecule has 0 atom stereocenters. The van der Waals surface area contributed by atoms with Crippen LogP contribution in [-0.2, 0) is 13.0 Å². The van der Waals surface area contributed by atoms with Gasteiger partial charge < -0.3 is 9.47 Å². The summed E-state index contributed by atoms with van der Waals surface area (Å²) in [7, 11) is 4.20. The van der Waals surface area contributed by atoms with Crippen LogP contribution in [0.1, 0.15) is 41.0 Å². The maximum Gasteiger partial charge on any atom is 0.164 e. The molecule has 1 heterocycles. The smallest absolute Gasteiger partial charge is 0.164 e. The average Bonchev–Trinajstić information content (AvgIpc) is 2.57. The first-order valence-electron chi connectivity index (χ1n) is 6.46. The van der Waals surface area contributed by atoms with E-state index in [1.54, 1.807) is 0 Å². The van der Waals surface area contributed by atoms with E-state index < -0.39 is 0 Å². The molecule has 0 aromatic carbocycles. The Bertz CT molecular complexity index is 418. The molecule has 0 fully saturated rings. The van der Waals surface area contributed by atoms with Gasteiger partial charge in [-0.15, -0.1) is 0 Å². The molecule has 0 radical (unpaired) electrons. The molecule has 1 aliphatic rings. The second kappa shape index (κ2) is 5.05. The number of Topliss-reactive ketones (excluding diaryl/α,β-unsaturated/α-hetero) is 1. The van der Waals surface area contributed by atoms with E-state index in [-0.39, 0.29) is 0 Å². The van der Waals surface area contributed by atoms with Crippen molar-refractivity contribution in [3.63, 3.8) is 0 Å². The molecule has 1 aromatic rings.